The Morgan fingerprint density at radius 3 is 2.52 bits per heavy atom. The van der Waals surface area contributed by atoms with E-state index in [2.05, 4.69) is 34.4 Å². The molecule has 6 rings (SSSR count). The van der Waals surface area contributed by atoms with Crippen molar-refractivity contribution in [3.05, 3.63) is 29.3 Å². The SMILES string of the molecule is COP(=O)(O)OC[C@H]1O[C@@H](n2cnc3c(=O)[nH]c(N)nc32)[C@H](OP(O)(=S)OC[C@@H]2C[C@H](F)[C@H](n3cnc4c(N)ncnc43)O2)[C@@H]1F. The molecule has 0 saturated carbocycles. The lowest BCUT2D eigenvalue weighted by Gasteiger charge is -2.26. The third kappa shape index (κ3) is 6.40. The van der Waals surface area contributed by atoms with Crippen LogP contribution in [0.2, 0.25) is 0 Å². The van der Waals surface area contributed by atoms with Crippen LogP contribution < -0.4 is 17.0 Å². The van der Waals surface area contributed by atoms with Gasteiger partial charge in [-0.15, -0.1) is 0 Å². The second kappa shape index (κ2) is 12.5. The average Bonchev–Trinajstić information content (AvgIpc) is 3.77. The molecule has 9 atom stereocenters. The summed E-state index contributed by atoms with van der Waals surface area (Å²) >= 11 is 5.14. The third-order valence-corrected chi connectivity index (χ3v) is 9.59. The molecular weight excluding hydrogens is 684 g/mol. The van der Waals surface area contributed by atoms with Crippen molar-refractivity contribution >= 4 is 60.4 Å². The van der Waals surface area contributed by atoms with Gasteiger partial charge in [0.15, 0.2) is 41.3 Å². The van der Waals surface area contributed by atoms with E-state index in [0.29, 0.717) is 0 Å². The molecule has 2 unspecified atom stereocenters. The van der Waals surface area contributed by atoms with Crippen molar-refractivity contribution in [3.8, 4) is 0 Å². The number of ether oxygens (including phenoxy) is 2. The number of aromatic amines is 1. The first kappa shape index (κ1) is 32.8. The van der Waals surface area contributed by atoms with Crippen molar-refractivity contribution < 1.29 is 50.7 Å². The highest BCUT2D eigenvalue weighted by molar-refractivity contribution is 8.07. The summed E-state index contributed by atoms with van der Waals surface area (Å²) in [5, 5.41) is 0. The van der Waals surface area contributed by atoms with Crippen molar-refractivity contribution in [2.75, 3.05) is 31.8 Å². The van der Waals surface area contributed by atoms with Gasteiger partial charge in [0.25, 0.3) is 5.56 Å². The van der Waals surface area contributed by atoms with Gasteiger partial charge in [0.2, 0.25) is 5.95 Å². The van der Waals surface area contributed by atoms with Crippen molar-refractivity contribution in [2.45, 2.75) is 49.5 Å². The largest absolute Gasteiger partial charge is 0.472 e. The minimum absolute atomic E-state index is 0.100. The number of imidazole rings is 2. The molecule has 2 aliphatic rings. The number of nitrogens with one attached hydrogen (secondary N) is 1. The van der Waals surface area contributed by atoms with Crippen LogP contribution in [0.3, 0.4) is 0 Å². The number of alkyl halides is 2. The molecule has 25 heteroatoms. The highest BCUT2D eigenvalue weighted by Gasteiger charge is 2.51. The minimum atomic E-state index is -4.54. The molecule has 0 amide bonds. The van der Waals surface area contributed by atoms with Gasteiger partial charge in [-0.3, -0.25) is 32.5 Å². The lowest BCUT2D eigenvalue weighted by molar-refractivity contribution is -0.0512. The van der Waals surface area contributed by atoms with Gasteiger partial charge in [0, 0.05) is 13.5 Å². The summed E-state index contributed by atoms with van der Waals surface area (Å²) in [5.41, 5.74) is 10.9. The molecule has 2 saturated heterocycles. The van der Waals surface area contributed by atoms with Crippen LogP contribution in [-0.2, 0) is 43.9 Å². The quantitative estimate of drug-likeness (QED) is 0.131. The Balaban J connectivity index is 1.19. The number of H-pyrrole nitrogens is 1. The molecule has 0 aliphatic carbocycles. The lowest BCUT2D eigenvalue weighted by atomic mass is 10.1. The zero-order chi connectivity index (χ0) is 33.0. The molecule has 7 N–H and O–H groups in total. The number of fused-ring (bicyclic) bond motifs is 2. The predicted octanol–water partition coefficient (Wildman–Crippen LogP) is 0.367. The molecule has 46 heavy (non-hydrogen) atoms. The number of nitrogen functional groups attached to an aromatic ring is 2. The van der Waals surface area contributed by atoms with E-state index in [1.165, 1.54) is 17.2 Å². The third-order valence-electron chi connectivity index (χ3n) is 7.09. The fraction of sp³-hybridized carbons (Fsp3) is 0.524. The molecule has 0 spiro atoms. The van der Waals surface area contributed by atoms with Gasteiger partial charge < -0.3 is 35.3 Å². The van der Waals surface area contributed by atoms with E-state index in [0.717, 1.165) is 18.0 Å². The van der Waals surface area contributed by atoms with Crippen LogP contribution in [0, 0.1) is 0 Å². The number of nitrogens with two attached hydrogens (primary N) is 2. The van der Waals surface area contributed by atoms with Crippen LogP contribution in [0.1, 0.15) is 18.9 Å². The van der Waals surface area contributed by atoms with Gasteiger partial charge in [-0.1, -0.05) is 0 Å². The van der Waals surface area contributed by atoms with Gasteiger partial charge >= 0.3 is 14.5 Å². The number of nitrogens with zero attached hydrogens (tertiary/aromatic N) is 7. The number of phosphoric acid groups is 1. The fourth-order valence-corrected chi connectivity index (χ4v) is 6.85. The number of aromatic nitrogens is 8. The van der Waals surface area contributed by atoms with E-state index in [9.17, 15) is 19.1 Å². The van der Waals surface area contributed by atoms with Crippen molar-refractivity contribution in [1.82, 2.24) is 39.0 Å². The molecule has 250 valence electrons. The average molecular weight is 711 g/mol. The van der Waals surface area contributed by atoms with Gasteiger partial charge in [-0.25, -0.2) is 33.3 Å². The van der Waals surface area contributed by atoms with Crippen LogP contribution in [-0.4, -0.2) is 99.8 Å². The van der Waals surface area contributed by atoms with Crippen molar-refractivity contribution in [1.29, 1.82) is 0 Å². The summed E-state index contributed by atoms with van der Waals surface area (Å²) in [6, 6.07) is 0. The summed E-state index contributed by atoms with van der Waals surface area (Å²) in [6.45, 7) is -5.60. The standard InChI is InChI=1S/C21H26F2N10O10P2S/c1-38-44(35,36)39-4-10-11(23)14(20(42-10)33-7-29-13-17(33)30-21(25)31-18(13)34)43-45(37,46)40-3-8-2-9(22)19(41-8)32-6-28-12-15(24)26-5-27-16(12)32/h5-11,14,19-20H,2-4H2,1H3,(H,35,36)(H,37,46)(H2,24,26,27)(H3,25,30,31,34)/t8-,9-,10+,11+,14+,19+,20+,45?/m0/s1. The topological polar surface area (TPSA) is 272 Å². The molecule has 0 aromatic carbocycles. The molecule has 20 nitrogen and oxygen atoms in total. The van der Waals surface area contributed by atoms with E-state index in [1.807, 2.05) is 0 Å². The maximum atomic E-state index is 15.8. The molecule has 6 heterocycles. The van der Waals surface area contributed by atoms with E-state index in [-0.39, 0.29) is 40.5 Å². The molecule has 2 aliphatic heterocycles. The first-order valence-corrected chi connectivity index (χ1v) is 17.3. The normalized spacial score (nSPS) is 29.4. The van der Waals surface area contributed by atoms with Crippen LogP contribution in [0.4, 0.5) is 20.5 Å². The number of anilines is 2. The Morgan fingerprint density at radius 1 is 1.07 bits per heavy atom. The van der Waals surface area contributed by atoms with Crippen molar-refractivity contribution in [3.63, 3.8) is 0 Å². The zero-order valence-electron chi connectivity index (χ0n) is 23.4. The first-order valence-electron chi connectivity index (χ1n) is 13.2. The van der Waals surface area contributed by atoms with E-state index < -0.39 is 76.4 Å². The minimum Gasteiger partial charge on any atom is -0.382 e. The van der Waals surface area contributed by atoms with Gasteiger partial charge in [-0.2, -0.15) is 4.98 Å². The second-order valence-electron chi connectivity index (χ2n) is 10.0. The first-order chi connectivity index (χ1) is 21.8. The number of hydrogen-bond donors (Lipinski definition) is 5. The summed E-state index contributed by atoms with van der Waals surface area (Å²) in [4.78, 5) is 55.1. The molecule has 4 aromatic heterocycles. The molecule has 4 aromatic rings. The second-order valence-corrected chi connectivity index (χ2v) is 14.4. The zero-order valence-corrected chi connectivity index (χ0v) is 26.0. The monoisotopic (exact) mass is 710 g/mol. The van der Waals surface area contributed by atoms with E-state index >= 15 is 8.78 Å². The fourth-order valence-electron chi connectivity index (χ4n) is 4.99. The predicted molar refractivity (Wildman–Crippen MR) is 155 cm³/mol. The molecule has 0 radical (unpaired) electrons. The van der Waals surface area contributed by atoms with Crippen LogP contribution in [0.15, 0.2) is 23.8 Å². The summed E-state index contributed by atoms with van der Waals surface area (Å²) in [5.74, 6) is -0.188. The van der Waals surface area contributed by atoms with Crippen molar-refractivity contribution in [2.24, 2.45) is 0 Å². The highest BCUT2D eigenvalue weighted by atomic mass is 32.5. The Kier molecular flexibility index (Phi) is 8.93. The maximum Gasteiger partial charge on any atom is 0.472 e. The Bertz CT molecular complexity index is 1920. The van der Waals surface area contributed by atoms with E-state index in [4.69, 9.17) is 46.3 Å². The Hall–Kier alpha value is -3.08. The summed E-state index contributed by atoms with van der Waals surface area (Å²) < 4.78 is 76.8. The number of hydrogen-bond acceptors (Lipinski definition) is 16. The maximum absolute atomic E-state index is 15.8. The van der Waals surface area contributed by atoms with Crippen LogP contribution >= 0.6 is 14.5 Å². The number of phosphoric ester groups is 1. The summed E-state index contributed by atoms with van der Waals surface area (Å²) in [6.07, 6.45) is -7.26. The van der Waals surface area contributed by atoms with Crippen LogP contribution in [0.5, 0.6) is 0 Å². The van der Waals surface area contributed by atoms with Gasteiger partial charge in [-0.05, 0) is 11.8 Å². The molecule has 2 fully saturated rings. The lowest BCUT2D eigenvalue weighted by Crippen LogP contribution is -2.32. The summed E-state index contributed by atoms with van der Waals surface area (Å²) in [7, 11) is -3.64. The number of rotatable bonds is 11. The Labute approximate surface area is 260 Å². The highest BCUT2D eigenvalue weighted by Crippen LogP contribution is 2.51. The number of halogens is 2. The molecular formula is C21H26F2N10O10P2S. The van der Waals surface area contributed by atoms with E-state index in [1.54, 1.807) is 0 Å². The molecule has 0 bridgehead atoms. The smallest absolute Gasteiger partial charge is 0.382 e. The van der Waals surface area contributed by atoms with Crippen LogP contribution in [0.25, 0.3) is 22.3 Å². The van der Waals surface area contributed by atoms with Gasteiger partial charge in [0.05, 0.1) is 32.0 Å². The van der Waals surface area contributed by atoms with Gasteiger partial charge in [0.1, 0.15) is 30.2 Å². The Morgan fingerprint density at radius 2 is 1.78 bits per heavy atom.